The van der Waals surface area contributed by atoms with Crippen molar-refractivity contribution in [3.8, 4) is 5.75 Å². The van der Waals surface area contributed by atoms with Gasteiger partial charge in [0, 0.05) is 68.7 Å². The third-order valence-corrected chi connectivity index (χ3v) is 8.44. The fourth-order valence-electron chi connectivity index (χ4n) is 5.24. The molecule has 2 aromatic rings. The molecular weight excluding hydrogens is 432 g/mol. The van der Waals surface area contributed by atoms with Crippen LogP contribution in [0.2, 0.25) is 0 Å². The fraction of sp³-hybridized carbons (Fsp3) is 0.500. The highest BCUT2D eigenvalue weighted by molar-refractivity contribution is 7.99. The van der Waals surface area contributed by atoms with Gasteiger partial charge in [-0.05, 0) is 54.8 Å². The van der Waals surface area contributed by atoms with Gasteiger partial charge < -0.3 is 19.4 Å². The van der Waals surface area contributed by atoms with E-state index in [0.717, 1.165) is 70.9 Å². The monoisotopic (exact) mass is 466 g/mol. The molecule has 7 heteroatoms. The Bertz CT molecular complexity index is 992. The standard InChI is InChI=1S/C26H34N4O2S/c1-27-12-15-30(26(27)31)11-5-10-28-13-16-29(17-14-28)23-18-20-6-3-4-7-24(20)33-25-9-8-21(32-2)19-22(23)25/h3-4,6-9,19,23H,5,10-18H2,1-2H3. The summed E-state index contributed by atoms with van der Waals surface area (Å²) in [6, 6.07) is 15.9. The van der Waals surface area contributed by atoms with Crippen LogP contribution in [0.25, 0.3) is 0 Å². The first kappa shape index (κ1) is 22.6. The molecule has 2 aromatic carbocycles. The van der Waals surface area contributed by atoms with Crippen molar-refractivity contribution in [1.82, 2.24) is 19.6 Å². The topological polar surface area (TPSA) is 39.3 Å². The molecular formula is C26H34N4O2S. The van der Waals surface area contributed by atoms with Crippen LogP contribution in [0, 0.1) is 0 Å². The van der Waals surface area contributed by atoms with E-state index in [1.54, 1.807) is 7.11 Å². The molecule has 2 amide bonds. The first-order chi connectivity index (χ1) is 16.1. The van der Waals surface area contributed by atoms with Crippen molar-refractivity contribution in [2.24, 2.45) is 0 Å². The molecule has 0 aromatic heterocycles. The van der Waals surface area contributed by atoms with E-state index in [2.05, 4.69) is 52.3 Å². The molecule has 2 saturated heterocycles. The van der Waals surface area contributed by atoms with Crippen molar-refractivity contribution in [3.63, 3.8) is 0 Å². The molecule has 0 N–H and O–H groups in total. The number of likely N-dealkylation sites (N-methyl/N-ethyl adjacent to an activating group) is 1. The van der Waals surface area contributed by atoms with Crippen molar-refractivity contribution >= 4 is 17.8 Å². The first-order valence-corrected chi connectivity index (χ1v) is 12.8. The van der Waals surface area contributed by atoms with Gasteiger partial charge in [-0.25, -0.2) is 4.79 Å². The summed E-state index contributed by atoms with van der Waals surface area (Å²) < 4.78 is 5.58. The maximum Gasteiger partial charge on any atom is 0.319 e. The molecule has 3 aliphatic heterocycles. The minimum Gasteiger partial charge on any atom is -0.497 e. The number of carbonyl (C=O) groups is 1. The number of fused-ring (bicyclic) bond motifs is 2. The van der Waals surface area contributed by atoms with Gasteiger partial charge in [-0.15, -0.1) is 0 Å². The van der Waals surface area contributed by atoms with Crippen LogP contribution in [0.3, 0.4) is 0 Å². The van der Waals surface area contributed by atoms with Gasteiger partial charge in [0.05, 0.1) is 7.11 Å². The summed E-state index contributed by atoms with van der Waals surface area (Å²) in [4.78, 5) is 23.8. The number of ether oxygens (including phenoxy) is 1. The quantitative estimate of drug-likeness (QED) is 0.647. The number of rotatable bonds is 6. The van der Waals surface area contributed by atoms with E-state index in [1.165, 1.54) is 20.9 Å². The van der Waals surface area contributed by atoms with Gasteiger partial charge >= 0.3 is 6.03 Å². The van der Waals surface area contributed by atoms with Crippen molar-refractivity contribution in [2.45, 2.75) is 28.7 Å². The SMILES string of the molecule is COc1ccc2c(c1)C(N1CCN(CCCN3CCN(C)C3=O)CC1)Cc1ccccc1S2. The number of hydrogen-bond acceptors (Lipinski definition) is 5. The number of piperazine rings is 1. The lowest BCUT2D eigenvalue weighted by atomic mass is 9.96. The van der Waals surface area contributed by atoms with Crippen molar-refractivity contribution in [1.29, 1.82) is 0 Å². The van der Waals surface area contributed by atoms with Gasteiger partial charge in [-0.1, -0.05) is 30.0 Å². The predicted molar refractivity (Wildman–Crippen MR) is 132 cm³/mol. The Kier molecular flexibility index (Phi) is 6.81. The van der Waals surface area contributed by atoms with E-state index < -0.39 is 0 Å². The molecule has 3 heterocycles. The second-order valence-electron chi connectivity index (χ2n) is 9.26. The zero-order valence-electron chi connectivity index (χ0n) is 19.7. The number of benzene rings is 2. The minimum atomic E-state index is 0.181. The average Bonchev–Trinajstić information content (AvgIpc) is 3.07. The molecule has 33 heavy (non-hydrogen) atoms. The Balaban J connectivity index is 1.23. The number of nitrogens with zero attached hydrogens (tertiary/aromatic N) is 4. The highest BCUT2D eigenvalue weighted by atomic mass is 32.2. The molecule has 0 spiro atoms. The van der Waals surface area contributed by atoms with Crippen molar-refractivity contribution in [3.05, 3.63) is 53.6 Å². The molecule has 1 atom stereocenters. The van der Waals surface area contributed by atoms with Gasteiger partial charge in [0.25, 0.3) is 0 Å². The lowest BCUT2D eigenvalue weighted by Crippen LogP contribution is -2.48. The molecule has 5 rings (SSSR count). The molecule has 2 fully saturated rings. The molecule has 6 nitrogen and oxygen atoms in total. The average molecular weight is 467 g/mol. The van der Waals surface area contributed by atoms with Crippen molar-refractivity contribution in [2.75, 3.05) is 66.5 Å². The lowest BCUT2D eigenvalue weighted by Gasteiger charge is -2.40. The van der Waals surface area contributed by atoms with Crippen LogP contribution in [0.5, 0.6) is 5.75 Å². The van der Waals surface area contributed by atoms with Gasteiger partial charge in [0.2, 0.25) is 0 Å². The molecule has 0 saturated carbocycles. The summed E-state index contributed by atoms with van der Waals surface area (Å²) in [5.41, 5.74) is 2.83. The third kappa shape index (κ3) is 4.86. The Morgan fingerprint density at radius 2 is 1.79 bits per heavy atom. The fourth-order valence-corrected chi connectivity index (χ4v) is 6.35. The van der Waals surface area contributed by atoms with Crippen LogP contribution in [-0.2, 0) is 6.42 Å². The van der Waals surface area contributed by atoms with Gasteiger partial charge in [-0.2, -0.15) is 0 Å². The Morgan fingerprint density at radius 3 is 2.55 bits per heavy atom. The number of methoxy groups -OCH3 is 1. The van der Waals surface area contributed by atoms with E-state index in [0.29, 0.717) is 6.04 Å². The van der Waals surface area contributed by atoms with Crippen molar-refractivity contribution < 1.29 is 9.53 Å². The predicted octanol–water partition coefficient (Wildman–Crippen LogP) is 3.82. The summed E-state index contributed by atoms with van der Waals surface area (Å²) in [6.45, 7) is 7.96. The third-order valence-electron chi connectivity index (χ3n) is 7.23. The maximum atomic E-state index is 12.1. The molecule has 176 valence electrons. The van der Waals surface area contributed by atoms with E-state index in [1.807, 2.05) is 28.6 Å². The van der Waals surface area contributed by atoms with Crippen LogP contribution in [0.15, 0.2) is 52.3 Å². The molecule has 1 unspecified atom stereocenters. The van der Waals surface area contributed by atoms with Gasteiger partial charge in [0.15, 0.2) is 0 Å². The largest absolute Gasteiger partial charge is 0.497 e. The normalized spacial score (nSPS) is 21.6. The highest BCUT2D eigenvalue weighted by Crippen LogP contribution is 2.44. The van der Waals surface area contributed by atoms with Crippen LogP contribution >= 0.6 is 11.8 Å². The Hall–Kier alpha value is -2.22. The summed E-state index contributed by atoms with van der Waals surface area (Å²) >= 11 is 1.89. The summed E-state index contributed by atoms with van der Waals surface area (Å²) in [6.07, 6.45) is 2.08. The maximum absolute atomic E-state index is 12.1. The smallest absolute Gasteiger partial charge is 0.319 e. The molecule has 0 radical (unpaired) electrons. The zero-order valence-corrected chi connectivity index (χ0v) is 20.5. The van der Waals surface area contributed by atoms with E-state index in [9.17, 15) is 4.79 Å². The summed E-state index contributed by atoms with van der Waals surface area (Å²) in [5.74, 6) is 0.936. The van der Waals surface area contributed by atoms with Crippen LogP contribution < -0.4 is 4.74 Å². The molecule has 3 aliphatic rings. The van der Waals surface area contributed by atoms with Crippen LogP contribution in [0.1, 0.15) is 23.6 Å². The number of carbonyl (C=O) groups excluding carboxylic acids is 1. The van der Waals surface area contributed by atoms with E-state index >= 15 is 0 Å². The number of urea groups is 1. The van der Waals surface area contributed by atoms with Crippen LogP contribution in [0.4, 0.5) is 4.79 Å². The summed E-state index contributed by atoms with van der Waals surface area (Å²) in [7, 11) is 3.64. The van der Waals surface area contributed by atoms with E-state index in [-0.39, 0.29) is 6.03 Å². The second-order valence-corrected chi connectivity index (χ2v) is 10.3. The Labute approximate surface area is 201 Å². The minimum absolute atomic E-state index is 0.181. The lowest BCUT2D eigenvalue weighted by molar-refractivity contribution is 0.0921. The first-order valence-electron chi connectivity index (χ1n) is 12.0. The molecule has 0 aliphatic carbocycles. The Morgan fingerprint density at radius 1 is 0.970 bits per heavy atom. The zero-order chi connectivity index (χ0) is 22.8. The highest BCUT2D eigenvalue weighted by Gasteiger charge is 2.30. The van der Waals surface area contributed by atoms with E-state index in [4.69, 9.17) is 4.74 Å². The van der Waals surface area contributed by atoms with Gasteiger partial charge in [0.1, 0.15) is 5.75 Å². The molecule has 0 bridgehead atoms. The van der Waals surface area contributed by atoms with Gasteiger partial charge in [-0.3, -0.25) is 4.90 Å². The number of hydrogen-bond donors (Lipinski definition) is 0. The second kappa shape index (κ2) is 9.95. The van der Waals surface area contributed by atoms with Crippen LogP contribution in [-0.4, -0.2) is 92.1 Å². The summed E-state index contributed by atoms with van der Waals surface area (Å²) in [5, 5.41) is 0. The number of amides is 2.